The number of fused-ring (bicyclic) bond motifs is 1. The van der Waals surface area contributed by atoms with Gasteiger partial charge < -0.3 is 29.3 Å². The van der Waals surface area contributed by atoms with E-state index in [0.717, 1.165) is 0 Å². The number of likely N-dealkylation sites (tertiary alicyclic amines) is 1. The quantitative estimate of drug-likeness (QED) is 0.116. The van der Waals surface area contributed by atoms with Crippen molar-refractivity contribution >= 4 is 40.8 Å². The highest BCUT2D eigenvalue weighted by Crippen LogP contribution is 2.42. The molecule has 6 rings (SSSR count). The van der Waals surface area contributed by atoms with E-state index in [1.54, 1.807) is 52.9 Å². The summed E-state index contributed by atoms with van der Waals surface area (Å²) in [5, 5.41) is 8.51. The lowest BCUT2D eigenvalue weighted by Gasteiger charge is -2.39. The van der Waals surface area contributed by atoms with Gasteiger partial charge in [0.05, 0.1) is 55.4 Å². The van der Waals surface area contributed by atoms with Crippen molar-refractivity contribution in [3.05, 3.63) is 76.3 Å². The molecule has 0 bridgehead atoms. The predicted octanol–water partition coefficient (Wildman–Crippen LogP) is 8.04. The van der Waals surface area contributed by atoms with Gasteiger partial charge in [0, 0.05) is 66.3 Å². The Morgan fingerprint density at radius 2 is 1.74 bits per heavy atom. The van der Waals surface area contributed by atoms with E-state index in [2.05, 4.69) is 20.4 Å². The first-order valence-electron chi connectivity index (χ1n) is 18.7. The Hall–Kier alpha value is -5.05. The van der Waals surface area contributed by atoms with Gasteiger partial charge in [-0.15, -0.1) is 5.10 Å². The fourth-order valence-electron chi connectivity index (χ4n) is 6.79. The number of benzene rings is 1. The van der Waals surface area contributed by atoms with Crippen molar-refractivity contribution in [1.29, 1.82) is 0 Å². The molecule has 0 spiro atoms. The van der Waals surface area contributed by atoms with Gasteiger partial charge in [0.25, 0.3) is 0 Å². The molecular weight excluding hydrogens is 774 g/mol. The number of aromatic nitrogens is 5. The van der Waals surface area contributed by atoms with Crippen LogP contribution in [0.5, 0.6) is 11.6 Å². The molecule has 57 heavy (non-hydrogen) atoms. The molecule has 13 nitrogen and oxygen atoms in total. The number of nitrogens with one attached hydrogen (secondary N) is 1. The van der Waals surface area contributed by atoms with Crippen molar-refractivity contribution in [2.45, 2.75) is 71.7 Å². The lowest BCUT2D eigenvalue weighted by atomic mass is 9.99. The van der Waals surface area contributed by atoms with E-state index in [0.29, 0.717) is 118 Å². The first-order valence-corrected chi connectivity index (χ1v) is 19.5. The number of rotatable bonds is 13. The number of pyridine rings is 3. The Morgan fingerprint density at radius 1 is 1.00 bits per heavy atom. The predicted molar refractivity (Wildman–Crippen MR) is 217 cm³/mol. The number of nitrogens with zero attached hydrogens (tertiary/aromatic N) is 7. The van der Waals surface area contributed by atoms with Gasteiger partial charge >= 0.3 is 6.09 Å². The molecule has 0 radical (unpaired) electrons. The Kier molecular flexibility index (Phi) is 13.2. The van der Waals surface area contributed by atoms with E-state index in [1.165, 1.54) is 7.11 Å². The van der Waals surface area contributed by atoms with Crippen LogP contribution < -0.4 is 14.8 Å². The first-order chi connectivity index (χ1) is 27.3. The number of carbonyl (C=O) groups is 2. The van der Waals surface area contributed by atoms with Crippen LogP contribution >= 0.6 is 23.2 Å². The van der Waals surface area contributed by atoms with Crippen LogP contribution in [0.1, 0.15) is 58.3 Å². The van der Waals surface area contributed by atoms with Crippen LogP contribution in [0, 0.1) is 0 Å². The van der Waals surface area contributed by atoms with E-state index < -0.39 is 18.4 Å². The summed E-state index contributed by atoms with van der Waals surface area (Å²) in [4.78, 5) is 43.1. The van der Waals surface area contributed by atoms with Crippen molar-refractivity contribution in [1.82, 2.24) is 39.7 Å². The Balaban J connectivity index is 1.29. The summed E-state index contributed by atoms with van der Waals surface area (Å²) in [6.45, 7) is 8.86. The summed E-state index contributed by atoms with van der Waals surface area (Å²) < 4.78 is 31.4. The van der Waals surface area contributed by atoms with Gasteiger partial charge in [-0.3, -0.25) is 14.2 Å². The zero-order valence-electron chi connectivity index (χ0n) is 32.9. The molecule has 1 N–H and O–H groups in total. The summed E-state index contributed by atoms with van der Waals surface area (Å²) in [6.07, 6.45) is 4.66. The number of hydrogen-bond donors (Lipinski definition) is 1. The number of hydrogen-bond acceptors (Lipinski definition) is 10. The second-order valence-electron chi connectivity index (χ2n) is 14.7. The van der Waals surface area contributed by atoms with Crippen molar-refractivity contribution in [3.8, 4) is 45.3 Å². The summed E-state index contributed by atoms with van der Waals surface area (Å²) in [6, 6.07) is 12.8. The number of methoxy groups -OCH3 is 2. The highest BCUT2D eigenvalue weighted by molar-refractivity contribution is 6.39. The van der Waals surface area contributed by atoms with Gasteiger partial charge in [-0.25, -0.2) is 19.3 Å². The van der Waals surface area contributed by atoms with Crippen molar-refractivity contribution < 1.29 is 28.2 Å². The molecule has 302 valence electrons. The average Bonchev–Trinajstić information content (AvgIpc) is 3.61. The molecule has 0 saturated carbocycles. The fourth-order valence-corrected chi connectivity index (χ4v) is 7.44. The van der Waals surface area contributed by atoms with Gasteiger partial charge in [-0.2, -0.15) is 0 Å². The summed E-state index contributed by atoms with van der Waals surface area (Å²) in [7, 11) is 3.09. The molecule has 1 fully saturated rings. The molecule has 1 aliphatic rings. The highest BCUT2D eigenvalue weighted by Gasteiger charge is 2.33. The number of amides is 2. The maximum absolute atomic E-state index is 13.6. The molecule has 1 aromatic carbocycles. The average molecular weight is 822 g/mol. The molecule has 2 amide bonds. The molecule has 0 atom stereocenters. The van der Waals surface area contributed by atoms with Gasteiger partial charge in [-0.05, 0) is 70.8 Å². The summed E-state index contributed by atoms with van der Waals surface area (Å²) in [5.41, 5.74) is 4.16. The molecule has 4 aromatic heterocycles. The van der Waals surface area contributed by atoms with Crippen LogP contribution in [-0.2, 0) is 22.6 Å². The second-order valence-corrected chi connectivity index (χ2v) is 15.5. The molecule has 5 heterocycles. The van der Waals surface area contributed by atoms with Crippen LogP contribution in [0.3, 0.4) is 0 Å². The van der Waals surface area contributed by atoms with Crippen LogP contribution in [0.4, 0.5) is 9.18 Å². The zero-order valence-corrected chi connectivity index (χ0v) is 34.5. The third-order valence-electron chi connectivity index (χ3n) is 9.61. The van der Waals surface area contributed by atoms with E-state index in [1.807, 2.05) is 51.1 Å². The van der Waals surface area contributed by atoms with E-state index in [9.17, 15) is 14.0 Å². The lowest BCUT2D eigenvalue weighted by molar-refractivity contribution is -0.130. The van der Waals surface area contributed by atoms with E-state index in [4.69, 9.17) is 42.4 Å². The summed E-state index contributed by atoms with van der Waals surface area (Å²) in [5.74, 6) is 1.37. The largest absolute Gasteiger partial charge is 0.493 e. The maximum atomic E-state index is 13.6. The Labute approximate surface area is 341 Å². The molecule has 0 unspecified atom stereocenters. The van der Waals surface area contributed by atoms with E-state index in [-0.39, 0.29) is 18.5 Å². The summed E-state index contributed by atoms with van der Waals surface area (Å²) >= 11 is 14.3. The standard InChI is InChI=1S/C41H47Cl2FN8O5/c1-25(53)50-19-14-28(15-20-50)51(40(54)57-41(2,3)4)23-26-11-12-32(47-39(26)56-6)31-10-7-9-29(35(31)42)30-13-18-46-37(36(30)43)27-21-33(55-5)38-48-34(49-52(38)24-27)22-45-17-8-16-44/h7,9-13,18,21,24,28,45H,8,14-17,19-20,22-23H2,1-6H3. The number of ether oxygens (including phenoxy) is 3. The minimum Gasteiger partial charge on any atom is -0.493 e. The normalized spacial score (nSPS) is 13.5. The minimum absolute atomic E-state index is 0.0189. The van der Waals surface area contributed by atoms with Gasteiger partial charge in [-0.1, -0.05) is 41.4 Å². The molecule has 1 saturated heterocycles. The highest BCUT2D eigenvalue weighted by atomic mass is 35.5. The molecule has 16 heteroatoms. The van der Waals surface area contributed by atoms with Crippen LogP contribution in [0.2, 0.25) is 10.0 Å². The SMILES string of the molecule is COc1nc(-c2cccc(-c3ccnc(-c4cc(OC)c5nc(CNCCCF)nn5c4)c3Cl)c2Cl)ccc1CN(C(=O)OC(C)(C)C)C1CCN(C(C)=O)CC1. The topological polar surface area (TPSA) is 136 Å². The first kappa shape index (κ1) is 41.6. The van der Waals surface area contributed by atoms with Crippen molar-refractivity contribution in [2.24, 2.45) is 0 Å². The molecule has 5 aromatic rings. The molecular formula is C41H47Cl2FN8O5. The monoisotopic (exact) mass is 820 g/mol. The minimum atomic E-state index is -0.695. The van der Waals surface area contributed by atoms with E-state index >= 15 is 0 Å². The Morgan fingerprint density at radius 3 is 2.42 bits per heavy atom. The van der Waals surface area contributed by atoms with Gasteiger partial charge in [0.15, 0.2) is 17.2 Å². The number of piperidine rings is 1. The lowest BCUT2D eigenvalue weighted by Crippen LogP contribution is -2.49. The molecule has 1 aliphatic heterocycles. The second kappa shape index (κ2) is 18.0. The number of alkyl halides is 1. The van der Waals surface area contributed by atoms with Crippen LogP contribution in [0.25, 0.3) is 39.3 Å². The third-order valence-corrected chi connectivity index (χ3v) is 10.4. The van der Waals surface area contributed by atoms with Gasteiger partial charge in [0.1, 0.15) is 5.60 Å². The third kappa shape index (κ3) is 9.57. The van der Waals surface area contributed by atoms with Crippen molar-refractivity contribution in [3.63, 3.8) is 0 Å². The van der Waals surface area contributed by atoms with Crippen LogP contribution in [0.15, 0.2) is 54.9 Å². The molecule has 0 aliphatic carbocycles. The van der Waals surface area contributed by atoms with Crippen LogP contribution in [-0.4, -0.2) is 98.5 Å². The smallest absolute Gasteiger partial charge is 0.410 e. The number of halogens is 3. The maximum Gasteiger partial charge on any atom is 0.410 e. The van der Waals surface area contributed by atoms with Gasteiger partial charge in [0.2, 0.25) is 11.8 Å². The van der Waals surface area contributed by atoms with Crippen molar-refractivity contribution in [2.75, 3.05) is 40.5 Å². The Bertz CT molecular complexity index is 2240. The zero-order chi connectivity index (χ0) is 40.9. The number of carbonyl (C=O) groups excluding carboxylic acids is 2. The fraction of sp³-hybridized carbons (Fsp3) is 0.415.